The van der Waals surface area contributed by atoms with E-state index in [2.05, 4.69) is 15.3 Å². The van der Waals surface area contributed by atoms with Gasteiger partial charge in [-0.15, -0.1) is 0 Å². The molecule has 1 aromatic heterocycles. The van der Waals surface area contributed by atoms with Gasteiger partial charge in [0.25, 0.3) is 5.56 Å². The summed E-state index contributed by atoms with van der Waals surface area (Å²) >= 11 is 5.20. The van der Waals surface area contributed by atoms with Gasteiger partial charge < -0.3 is 15.2 Å². The van der Waals surface area contributed by atoms with Crippen molar-refractivity contribution in [3.63, 3.8) is 0 Å². The van der Waals surface area contributed by atoms with Crippen LogP contribution in [-0.4, -0.2) is 33.6 Å². The zero-order chi connectivity index (χ0) is 13.8. The lowest BCUT2D eigenvalue weighted by Crippen LogP contribution is -2.38. The summed E-state index contributed by atoms with van der Waals surface area (Å²) in [4.78, 5) is 21.1. The number of aromatic amines is 1. The summed E-state index contributed by atoms with van der Waals surface area (Å²) in [5, 5.41) is 4.17. The first-order valence-corrected chi connectivity index (χ1v) is 6.51. The molecule has 0 saturated carbocycles. The minimum absolute atomic E-state index is 0.118. The molecule has 0 saturated heterocycles. The fourth-order valence-electron chi connectivity index (χ4n) is 1.88. The molecule has 0 fully saturated rings. The van der Waals surface area contributed by atoms with Crippen LogP contribution in [0, 0.1) is 0 Å². The molecule has 2 N–H and O–H groups in total. The monoisotopic (exact) mass is 276 g/mol. The van der Waals surface area contributed by atoms with Gasteiger partial charge in [0.05, 0.1) is 17.4 Å². The number of rotatable bonds is 3. The smallest absolute Gasteiger partial charge is 0.258 e. The first-order chi connectivity index (χ1) is 9.15. The van der Waals surface area contributed by atoms with Crippen LogP contribution in [0.4, 0.5) is 0 Å². The fraction of sp³-hybridized carbons (Fsp3) is 0.308. The van der Waals surface area contributed by atoms with Crippen LogP contribution < -0.4 is 10.9 Å². The lowest BCUT2D eigenvalue weighted by Gasteiger charge is -2.22. The van der Waals surface area contributed by atoms with Crippen molar-refractivity contribution in [3.05, 3.63) is 40.4 Å². The van der Waals surface area contributed by atoms with Gasteiger partial charge in [0.15, 0.2) is 5.11 Å². The molecule has 2 rings (SSSR count). The fourth-order valence-corrected chi connectivity index (χ4v) is 2.07. The predicted octanol–water partition coefficient (Wildman–Crippen LogP) is 1.25. The number of hydrogen-bond acceptors (Lipinski definition) is 3. The molecule has 1 aromatic carbocycles. The highest BCUT2D eigenvalue weighted by Gasteiger charge is 2.09. The number of para-hydroxylation sites is 1. The number of hydrogen-bond donors (Lipinski definition) is 2. The van der Waals surface area contributed by atoms with Gasteiger partial charge >= 0.3 is 0 Å². The first-order valence-electron chi connectivity index (χ1n) is 6.10. The Morgan fingerprint density at radius 3 is 2.89 bits per heavy atom. The second kappa shape index (κ2) is 5.79. The van der Waals surface area contributed by atoms with E-state index in [4.69, 9.17) is 12.2 Å². The number of nitrogens with one attached hydrogen (secondary N) is 2. The Labute approximate surface area is 116 Å². The molecule has 2 aromatic rings. The average Bonchev–Trinajstić information content (AvgIpc) is 2.44. The van der Waals surface area contributed by atoms with E-state index in [9.17, 15) is 4.79 Å². The lowest BCUT2D eigenvalue weighted by molar-refractivity contribution is 0.418. The molecule has 0 unspecified atom stereocenters. The van der Waals surface area contributed by atoms with Gasteiger partial charge in [0, 0.05) is 13.6 Å². The van der Waals surface area contributed by atoms with Crippen LogP contribution in [0.5, 0.6) is 0 Å². The summed E-state index contributed by atoms with van der Waals surface area (Å²) < 4.78 is 0. The van der Waals surface area contributed by atoms with Crippen LogP contribution in [0.25, 0.3) is 10.9 Å². The number of thiocarbonyl (C=S) groups is 1. The Bertz CT molecular complexity index is 652. The molecule has 0 aliphatic heterocycles. The molecule has 0 aliphatic carbocycles. The summed E-state index contributed by atoms with van der Waals surface area (Å²) in [6.07, 6.45) is 0. The molecular formula is C13H16N4OS. The van der Waals surface area contributed by atoms with Crippen molar-refractivity contribution in [2.24, 2.45) is 0 Å². The Morgan fingerprint density at radius 2 is 2.21 bits per heavy atom. The van der Waals surface area contributed by atoms with Crippen LogP contribution in [0.1, 0.15) is 12.7 Å². The van der Waals surface area contributed by atoms with Gasteiger partial charge in [-0.1, -0.05) is 12.1 Å². The predicted molar refractivity (Wildman–Crippen MR) is 80.1 cm³/mol. The SMILES string of the molecule is CCN(Cc1nc2ccccc2c(=O)[nH]1)C(=S)NC. The Balaban J connectivity index is 2.36. The second-order valence-electron chi connectivity index (χ2n) is 4.10. The van der Waals surface area contributed by atoms with E-state index >= 15 is 0 Å². The minimum atomic E-state index is -0.118. The summed E-state index contributed by atoms with van der Waals surface area (Å²) in [6, 6.07) is 7.29. The summed E-state index contributed by atoms with van der Waals surface area (Å²) in [5.41, 5.74) is 0.583. The number of aromatic nitrogens is 2. The highest BCUT2D eigenvalue weighted by molar-refractivity contribution is 7.80. The van der Waals surface area contributed by atoms with Gasteiger partial charge in [0.2, 0.25) is 0 Å². The standard InChI is InChI=1S/C13H16N4OS/c1-3-17(13(19)14-2)8-11-15-10-7-5-4-6-9(10)12(18)16-11/h4-7H,3,8H2,1-2H3,(H,14,19)(H,15,16,18). The second-order valence-corrected chi connectivity index (χ2v) is 4.49. The van der Waals surface area contributed by atoms with Crippen molar-refractivity contribution in [2.45, 2.75) is 13.5 Å². The summed E-state index contributed by atoms with van der Waals surface area (Å²) in [6.45, 7) is 3.23. The Morgan fingerprint density at radius 1 is 1.47 bits per heavy atom. The average molecular weight is 276 g/mol. The first kappa shape index (κ1) is 13.5. The largest absolute Gasteiger partial charge is 0.366 e. The number of benzene rings is 1. The number of nitrogens with zero attached hydrogens (tertiary/aromatic N) is 2. The van der Waals surface area contributed by atoms with Crippen molar-refractivity contribution < 1.29 is 0 Å². The van der Waals surface area contributed by atoms with Crippen LogP contribution in [-0.2, 0) is 6.54 Å². The van der Waals surface area contributed by atoms with E-state index in [1.165, 1.54) is 0 Å². The molecule has 19 heavy (non-hydrogen) atoms. The molecule has 1 heterocycles. The third-order valence-electron chi connectivity index (χ3n) is 2.89. The maximum atomic E-state index is 11.9. The lowest BCUT2D eigenvalue weighted by atomic mass is 10.2. The molecule has 0 bridgehead atoms. The quantitative estimate of drug-likeness (QED) is 0.826. The normalized spacial score (nSPS) is 10.4. The Hall–Kier alpha value is -1.95. The molecule has 100 valence electrons. The van der Waals surface area contributed by atoms with Crippen LogP contribution in [0.15, 0.2) is 29.1 Å². The maximum Gasteiger partial charge on any atom is 0.258 e. The van der Waals surface area contributed by atoms with Gasteiger partial charge in [-0.05, 0) is 31.3 Å². The van der Waals surface area contributed by atoms with Crippen LogP contribution in [0.3, 0.4) is 0 Å². The van der Waals surface area contributed by atoms with Gasteiger partial charge in [-0.3, -0.25) is 4.79 Å². The summed E-state index contributed by atoms with van der Waals surface area (Å²) in [7, 11) is 1.78. The molecule has 0 amide bonds. The third-order valence-corrected chi connectivity index (χ3v) is 3.35. The molecule has 0 aliphatic rings. The van der Waals surface area contributed by atoms with E-state index in [0.717, 1.165) is 6.54 Å². The molecule has 6 heteroatoms. The maximum absolute atomic E-state index is 11.9. The van der Waals surface area contributed by atoms with Crippen LogP contribution >= 0.6 is 12.2 Å². The zero-order valence-electron chi connectivity index (χ0n) is 10.9. The van der Waals surface area contributed by atoms with Gasteiger partial charge in [-0.2, -0.15) is 0 Å². The van der Waals surface area contributed by atoms with Gasteiger partial charge in [-0.25, -0.2) is 4.98 Å². The van der Waals surface area contributed by atoms with E-state index in [0.29, 0.717) is 28.4 Å². The molecular weight excluding hydrogens is 260 g/mol. The topological polar surface area (TPSA) is 61.0 Å². The number of H-pyrrole nitrogens is 1. The van der Waals surface area contributed by atoms with E-state index in [1.807, 2.05) is 30.0 Å². The van der Waals surface area contributed by atoms with E-state index < -0.39 is 0 Å². The number of fused-ring (bicyclic) bond motifs is 1. The van der Waals surface area contributed by atoms with Gasteiger partial charge in [0.1, 0.15) is 5.82 Å². The van der Waals surface area contributed by atoms with Crippen molar-refractivity contribution >= 4 is 28.2 Å². The van der Waals surface area contributed by atoms with E-state index in [-0.39, 0.29) is 5.56 Å². The van der Waals surface area contributed by atoms with Crippen molar-refractivity contribution in [2.75, 3.05) is 13.6 Å². The minimum Gasteiger partial charge on any atom is -0.366 e. The molecule has 0 spiro atoms. The highest BCUT2D eigenvalue weighted by atomic mass is 32.1. The van der Waals surface area contributed by atoms with Crippen molar-refractivity contribution in [1.29, 1.82) is 0 Å². The van der Waals surface area contributed by atoms with Crippen molar-refractivity contribution in [1.82, 2.24) is 20.2 Å². The zero-order valence-corrected chi connectivity index (χ0v) is 11.8. The van der Waals surface area contributed by atoms with E-state index in [1.54, 1.807) is 13.1 Å². The molecule has 5 nitrogen and oxygen atoms in total. The summed E-state index contributed by atoms with van der Waals surface area (Å²) in [5.74, 6) is 0.614. The highest BCUT2D eigenvalue weighted by Crippen LogP contribution is 2.07. The Kier molecular flexibility index (Phi) is 4.11. The third kappa shape index (κ3) is 2.90. The molecule has 0 atom stereocenters. The van der Waals surface area contributed by atoms with Crippen molar-refractivity contribution in [3.8, 4) is 0 Å². The molecule has 0 radical (unpaired) electrons. The van der Waals surface area contributed by atoms with Crippen LogP contribution in [0.2, 0.25) is 0 Å².